The summed E-state index contributed by atoms with van der Waals surface area (Å²) in [5, 5.41) is -3.50. The van der Waals surface area contributed by atoms with E-state index in [0.29, 0.717) is 0 Å². The van der Waals surface area contributed by atoms with Crippen molar-refractivity contribution in [2.24, 2.45) is 0 Å². The van der Waals surface area contributed by atoms with E-state index in [4.69, 9.17) is 14.2 Å². The minimum Gasteiger partial charge on any atom is -0.455 e. The van der Waals surface area contributed by atoms with Crippen molar-refractivity contribution in [3.8, 4) is 0 Å². The topological polar surface area (TPSA) is 61.8 Å². The Labute approximate surface area is 128 Å². The predicted molar refractivity (Wildman–Crippen MR) is 75.0 cm³/mol. The van der Waals surface area contributed by atoms with E-state index in [-0.39, 0.29) is 5.57 Å². The van der Waals surface area contributed by atoms with Crippen molar-refractivity contribution in [2.75, 3.05) is 6.61 Å². The van der Waals surface area contributed by atoms with E-state index in [1.807, 2.05) is 0 Å². The van der Waals surface area contributed by atoms with Crippen molar-refractivity contribution in [3.05, 3.63) is 12.2 Å². The molecule has 0 rings (SSSR count). The van der Waals surface area contributed by atoms with Crippen LogP contribution in [0, 0.1) is 0 Å². The van der Waals surface area contributed by atoms with E-state index in [1.165, 1.54) is 6.92 Å². The highest BCUT2D eigenvalue weighted by Gasteiger charge is 2.44. The summed E-state index contributed by atoms with van der Waals surface area (Å²) >= 11 is 2.98. The molecular weight excluding hydrogens is 306 g/mol. The van der Waals surface area contributed by atoms with Gasteiger partial charge in [0.15, 0.2) is 0 Å². The van der Waals surface area contributed by atoms with Gasteiger partial charge >= 0.3 is 23.0 Å². The van der Waals surface area contributed by atoms with Gasteiger partial charge in [-0.05, 0) is 27.7 Å². The van der Waals surface area contributed by atoms with Crippen LogP contribution in [0.1, 0.15) is 34.6 Å². The van der Waals surface area contributed by atoms with E-state index >= 15 is 0 Å². The molecule has 0 aliphatic carbocycles. The number of hydrogen-bond acceptors (Lipinski definition) is 6. The van der Waals surface area contributed by atoms with Crippen LogP contribution in [0.4, 0.5) is 8.78 Å². The fourth-order valence-corrected chi connectivity index (χ4v) is 1.05. The molecule has 0 aromatic carbocycles. The molecule has 0 aliphatic heterocycles. The number of ether oxygens (including phenoxy) is 3. The molecule has 5 nitrogen and oxygen atoms in total. The molecule has 0 radical (unpaired) electrons. The van der Waals surface area contributed by atoms with Gasteiger partial charge < -0.3 is 14.2 Å². The van der Waals surface area contributed by atoms with Crippen LogP contribution < -0.4 is 0 Å². The second kappa shape index (κ2) is 6.74. The van der Waals surface area contributed by atoms with Crippen molar-refractivity contribution in [1.29, 1.82) is 0 Å². The third-order valence-corrected chi connectivity index (χ3v) is 2.06. The summed E-state index contributed by atoms with van der Waals surface area (Å²) in [6.45, 7) is 9.16. The Hall–Kier alpha value is -1.15. The highest BCUT2D eigenvalue weighted by Crippen LogP contribution is 2.25. The van der Waals surface area contributed by atoms with Crippen LogP contribution in [0.2, 0.25) is 0 Å². The van der Waals surface area contributed by atoms with Crippen LogP contribution in [0.3, 0.4) is 0 Å². The number of thiol groups is 1. The zero-order chi connectivity index (χ0) is 17.1. The Morgan fingerprint density at radius 3 is 1.95 bits per heavy atom. The molecule has 0 saturated carbocycles. The van der Waals surface area contributed by atoms with Crippen molar-refractivity contribution in [1.82, 2.24) is 0 Å². The molecule has 0 heterocycles. The molecule has 8 heteroatoms. The number of carbonyl (C=O) groups is 2. The van der Waals surface area contributed by atoms with Gasteiger partial charge in [-0.3, -0.25) is 0 Å². The third-order valence-electron chi connectivity index (χ3n) is 1.93. The zero-order valence-electron chi connectivity index (χ0n) is 12.7. The Bertz CT molecular complexity index is 425. The van der Waals surface area contributed by atoms with Crippen LogP contribution in [-0.2, 0) is 23.8 Å². The molecule has 0 aromatic heterocycles. The molecule has 1 atom stereocenters. The van der Waals surface area contributed by atoms with E-state index in [0.717, 1.165) is 6.92 Å². The molecule has 0 saturated heterocycles. The molecule has 0 aromatic rings. The normalized spacial score (nSPS) is 15.0. The lowest BCUT2D eigenvalue weighted by molar-refractivity contribution is -0.249. The predicted octanol–water partition coefficient (Wildman–Crippen LogP) is 2.70. The largest absolute Gasteiger partial charge is 0.455 e. The molecule has 0 aliphatic rings. The van der Waals surface area contributed by atoms with Gasteiger partial charge in [0.1, 0.15) is 12.2 Å². The van der Waals surface area contributed by atoms with Gasteiger partial charge in [0.25, 0.3) is 0 Å². The molecule has 0 amide bonds. The fraction of sp³-hybridized carbons (Fsp3) is 0.692. The lowest BCUT2D eigenvalue weighted by atomic mass is 10.2. The highest BCUT2D eigenvalue weighted by molar-refractivity contribution is 7.81. The van der Waals surface area contributed by atoms with E-state index < -0.39 is 35.2 Å². The van der Waals surface area contributed by atoms with Gasteiger partial charge in [-0.15, -0.1) is 12.6 Å². The Kier molecular flexibility index (Phi) is 6.37. The van der Waals surface area contributed by atoms with Gasteiger partial charge in [-0.2, -0.15) is 8.78 Å². The number of carbonyl (C=O) groups excluding carboxylic acids is 2. The van der Waals surface area contributed by atoms with Gasteiger partial charge in [0, 0.05) is 12.5 Å². The maximum absolute atomic E-state index is 12.8. The molecule has 0 fully saturated rings. The average molecular weight is 326 g/mol. The molecular formula is C13H20F2O5S. The summed E-state index contributed by atoms with van der Waals surface area (Å²) in [7, 11) is 0. The summed E-state index contributed by atoms with van der Waals surface area (Å²) in [5.74, 6) is -4.40. The summed E-state index contributed by atoms with van der Waals surface area (Å²) in [6, 6.07) is 0. The summed E-state index contributed by atoms with van der Waals surface area (Å²) in [4.78, 5) is 23.6. The number of hydrogen-bond donors (Lipinski definition) is 1. The summed E-state index contributed by atoms with van der Waals surface area (Å²) < 4.78 is 40.1. The van der Waals surface area contributed by atoms with Gasteiger partial charge in [0.05, 0.1) is 0 Å². The molecule has 122 valence electrons. The first kappa shape index (κ1) is 19.9. The second-order valence-corrected chi connectivity index (χ2v) is 6.23. The standard InChI is InChI=1S/C13H20F2O5S/c1-8(2)9(16)19-12(6,18-7-13(14,15)21)10(17)20-11(3,4)5/h21H,1,7H2,2-6H3. The van der Waals surface area contributed by atoms with Crippen molar-refractivity contribution < 1.29 is 32.6 Å². The Balaban J connectivity index is 5.20. The Morgan fingerprint density at radius 2 is 1.62 bits per heavy atom. The lowest BCUT2D eigenvalue weighted by Gasteiger charge is -2.31. The van der Waals surface area contributed by atoms with Crippen molar-refractivity contribution in [3.63, 3.8) is 0 Å². The average Bonchev–Trinajstić information content (AvgIpc) is 2.22. The number of esters is 2. The third kappa shape index (κ3) is 8.01. The fourth-order valence-electron chi connectivity index (χ4n) is 0.989. The smallest absolute Gasteiger partial charge is 0.380 e. The zero-order valence-corrected chi connectivity index (χ0v) is 13.6. The number of alkyl halides is 2. The minimum atomic E-state index is -3.50. The van der Waals surface area contributed by atoms with Crippen LogP contribution in [0.5, 0.6) is 0 Å². The molecule has 1 unspecified atom stereocenters. The Morgan fingerprint density at radius 1 is 1.14 bits per heavy atom. The molecule has 21 heavy (non-hydrogen) atoms. The first-order valence-electron chi connectivity index (χ1n) is 6.03. The molecule has 0 spiro atoms. The SMILES string of the molecule is C=C(C)C(=O)OC(C)(OCC(F)(F)S)C(=O)OC(C)(C)C. The van der Waals surface area contributed by atoms with Crippen molar-refractivity contribution in [2.45, 2.75) is 51.3 Å². The first-order chi connectivity index (χ1) is 9.16. The molecule has 0 bridgehead atoms. The van der Waals surface area contributed by atoms with E-state index in [9.17, 15) is 18.4 Å². The van der Waals surface area contributed by atoms with Gasteiger partial charge in [-0.25, -0.2) is 9.59 Å². The van der Waals surface area contributed by atoms with E-state index in [1.54, 1.807) is 20.8 Å². The van der Waals surface area contributed by atoms with Crippen LogP contribution in [-0.4, -0.2) is 35.2 Å². The monoisotopic (exact) mass is 326 g/mol. The van der Waals surface area contributed by atoms with Crippen LogP contribution >= 0.6 is 12.6 Å². The number of rotatable bonds is 6. The maximum Gasteiger partial charge on any atom is 0.380 e. The summed E-state index contributed by atoms with van der Waals surface area (Å²) in [5.41, 5.74) is -0.938. The van der Waals surface area contributed by atoms with E-state index in [2.05, 4.69) is 19.2 Å². The summed E-state index contributed by atoms with van der Waals surface area (Å²) in [6.07, 6.45) is 0. The highest BCUT2D eigenvalue weighted by atomic mass is 32.1. The van der Waals surface area contributed by atoms with Crippen LogP contribution in [0.25, 0.3) is 0 Å². The number of halogens is 2. The van der Waals surface area contributed by atoms with Gasteiger partial charge in [0.2, 0.25) is 0 Å². The second-order valence-electron chi connectivity index (χ2n) is 5.57. The molecule has 0 N–H and O–H groups in total. The first-order valence-corrected chi connectivity index (χ1v) is 6.47. The lowest BCUT2D eigenvalue weighted by Crippen LogP contribution is -2.48. The van der Waals surface area contributed by atoms with Crippen LogP contribution in [0.15, 0.2) is 12.2 Å². The minimum absolute atomic E-state index is 0.0222. The maximum atomic E-state index is 12.8. The quantitative estimate of drug-likeness (QED) is 0.352. The van der Waals surface area contributed by atoms with Crippen molar-refractivity contribution >= 4 is 24.6 Å². The van der Waals surface area contributed by atoms with Gasteiger partial charge in [-0.1, -0.05) is 6.58 Å².